The van der Waals surface area contributed by atoms with Crippen LogP contribution >= 0.6 is 11.3 Å². The van der Waals surface area contributed by atoms with Gasteiger partial charge in [0.15, 0.2) is 5.01 Å². The number of rotatable bonds is 4. The summed E-state index contributed by atoms with van der Waals surface area (Å²) in [5.74, 6) is 0. The third-order valence-corrected chi connectivity index (χ3v) is 8.09. The second kappa shape index (κ2) is 8.05. The number of nitrogens with zero attached hydrogens (tertiary/aromatic N) is 5. The van der Waals surface area contributed by atoms with Crippen LogP contribution in [0.2, 0.25) is 0 Å². The molecule has 30 heavy (non-hydrogen) atoms. The van der Waals surface area contributed by atoms with Crippen molar-refractivity contribution >= 4 is 26.5 Å². The SMILES string of the molecule is CC(C)(C)c1ccc(S(=O)(=O)N2CCN(c3nnc(-c4ccccn4)s3)CC2)cc1. The second-order valence-corrected chi connectivity index (χ2v) is 11.2. The van der Waals surface area contributed by atoms with Crippen molar-refractivity contribution < 1.29 is 8.42 Å². The summed E-state index contributed by atoms with van der Waals surface area (Å²) < 4.78 is 27.7. The molecule has 0 bridgehead atoms. The molecule has 0 radical (unpaired) electrons. The van der Waals surface area contributed by atoms with Crippen molar-refractivity contribution in [2.45, 2.75) is 31.1 Å². The summed E-state index contributed by atoms with van der Waals surface area (Å²) in [6.45, 7) is 8.34. The third-order valence-electron chi connectivity index (χ3n) is 5.17. The molecular weight excluding hydrogens is 418 g/mol. The van der Waals surface area contributed by atoms with Gasteiger partial charge in [-0.3, -0.25) is 4.98 Å². The number of pyridine rings is 1. The number of sulfonamides is 1. The van der Waals surface area contributed by atoms with E-state index in [0.29, 0.717) is 31.1 Å². The Hall–Kier alpha value is -2.36. The van der Waals surface area contributed by atoms with Crippen LogP contribution in [0.25, 0.3) is 10.7 Å². The van der Waals surface area contributed by atoms with Crippen molar-refractivity contribution in [3.05, 3.63) is 54.2 Å². The predicted octanol–water partition coefficient (Wildman–Crippen LogP) is 3.41. The number of hydrogen-bond donors (Lipinski definition) is 0. The number of hydrogen-bond acceptors (Lipinski definition) is 7. The zero-order valence-corrected chi connectivity index (χ0v) is 18.9. The zero-order chi connectivity index (χ0) is 21.4. The summed E-state index contributed by atoms with van der Waals surface area (Å²) in [6, 6.07) is 12.9. The van der Waals surface area contributed by atoms with Crippen LogP contribution in [0.1, 0.15) is 26.3 Å². The Labute approximate surface area is 181 Å². The van der Waals surface area contributed by atoms with Crippen LogP contribution in [0.4, 0.5) is 5.13 Å². The van der Waals surface area contributed by atoms with Crippen molar-refractivity contribution in [2.24, 2.45) is 0 Å². The van der Waals surface area contributed by atoms with Gasteiger partial charge in [-0.1, -0.05) is 50.3 Å². The summed E-state index contributed by atoms with van der Waals surface area (Å²) in [6.07, 6.45) is 1.73. The fourth-order valence-electron chi connectivity index (χ4n) is 3.33. The molecule has 3 aromatic rings. The van der Waals surface area contributed by atoms with Gasteiger partial charge in [-0.25, -0.2) is 8.42 Å². The lowest BCUT2D eigenvalue weighted by Crippen LogP contribution is -2.48. The molecular formula is C21H25N5O2S2. The molecule has 1 aromatic carbocycles. The van der Waals surface area contributed by atoms with Crippen LogP contribution in [-0.4, -0.2) is 54.1 Å². The largest absolute Gasteiger partial charge is 0.344 e. The van der Waals surface area contributed by atoms with Gasteiger partial charge in [-0.15, -0.1) is 10.2 Å². The van der Waals surface area contributed by atoms with Crippen LogP contribution in [0.5, 0.6) is 0 Å². The molecule has 0 unspecified atom stereocenters. The molecule has 1 saturated heterocycles. The van der Waals surface area contributed by atoms with E-state index in [1.165, 1.54) is 11.3 Å². The van der Waals surface area contributed by atoms with Crippen LogP contribution in [0.15, 0.2) is 53.6 Å². The molecule has 1 aliphatic heterocycles. The minimum absolute atomic E-state index is 0.0101. The average molecular weight is 444 g/mol. The maximum Gasteiger partial charge on any atom is 0.243 e. The Kier molecular flexibility index (Phi) is 5.61. The summed E-state index contributed by atoms with van der Waals surface area (Å²) in [7, 11) is -3.50. The van der Waals surface area contributed by atoms with E-state index in [4.69, 9.17) is 0 Å². The van der Waals surface area contributed by atoms with Crippen LogP contribution in [0, 0.1) is 0 Å². The van der Waals surface area contributed by atoms with E-state index in [0.717, 1.165) is 21.4 Å². The second-order valence-electron chi connectivity index (χ2n) is 8.27. The molecule has 2 aromatic heterocycles. The van der Waals surface area contributed by atoms with Gasteiger partial charge in [0.05, 0.1) is 4.90 Å². The molecule has 158 valence electrons. The molecule has 0 spiro atoms. The van der Waals surface area contributed by atoms with Crippen LogP contribution in [-0.2, 0) is 15.4 Å². The smallest absolute Gasteiger partial charge is 0.243 e. The molecule has 1 fully saturated rings. The first-order chi connectivity index (χ1) is 14.2. The first-order valence-corrected chi connectivity index (χ1v) is 12.1. The molecule has 1 aliphatic rings. The van der Waals surface area contributed by atoms with E-state index >= 15 is 0 Å². The monoisotopic (exact) mass is 443 g/mol. The molecule has 0 N–H and O–H groups in total. The Morgan fingerprint density at radius 3 is 2.23 bits per heavy atom. The maximum absolute atomic E-state index is 13.1. The molecule has 4 rings (SSSR count). The number of piperazine rings is 1. The maximum atomic E-state index is 13.1. The van der Waals surface area contributed by atoms with E-state index in [2.05, 4.69) is 40.9 Å². The Bertz CT molecular complexity index is 1100. The lowest BCUT2D eigenvalue weighted by molar-refractivity contribution is 0.384. The van der Waals surface area contributed by atoms with E-state index in [1.54, 1.807) is 22.6 Å². The Morgan fingerprint density at radius 1 is 0.933 bits per heavy atom. The van der Waals surface area contributed by atoms with Gasteiger partial charge in [0.25, 0.3) is 0 Å². The standard InChI is InChI=1S/C21H25N5O2S2/c1-21(2,3)16-7-9-17(10-8-16)30(27,28)26-14-12-25(13-15-26)20-24-23-19(29-20)18-6-4-5-11-22-18/h4-11H,12-15H2,1-3H3. The van der Waals surface area contributed by atoms with Gasteiger partial charge in [0.2, 0.25) is 15.2 Å². The highest BCUT2D eigenvalue weighted by molar-refractivity contribution is 7.89. The fraction of sp³-hybridized carbons (Fsp3) is 0.381. The topological polar surface area (TPSA) is 79.3 Å². The van der Waals surface area contributed by atoms with E-state index in [9.17, 15) is 8.42 Å². The van der Waals surface area contributed by atoms with Gasteiger partial charge in [0, 0.05) is 32.4 Å². The van der Waals surface area contributed by atoms with Gasteiger partial charge in [0.1, 0.15) is 5.69 Å². The van der Waals surface area contributed by atoms with Crippen molar-refractivity contribution in [3.63, 3.8) is 0 Å². The number of benzene rings is 1. The van der Waals surface area contributed by atoms with E-state index in [1.807, 2.05) is 30.3 Å². The lowest BCUT2D eigenvalue weighted by atomic mass is 9.87. The quantitative estimate of drug-likeness (QED) is 0.615. The van der Waals surface area contributed by atoms with Gasteiger partial charge in [-0.05, 0) is 35.2 Å². The Morgan fingerprint density at radius 2 is 1.63 bits per heavy atom. The molecule has 0 saturated carbocycles. The molecule has 0 aliphatic carbocycles. The summed E-state index contributed by atoms with van der Waals surface area (Å²) in [5.41, 5.74) is 1.90. The molecule has 9 heteroatoms. The lowest BCUT2D eigenvalue weighted by Gasteiger charge is -2.33. The summed E-state index contributed by atoms with van der Waals surface area (Å²) in [5, 5.41) is 10.1. The van der Waals surface area contributed by atoms with Crippen molar-refractivity contribution in [1.82, 2.24) is 19.5 Å². The van der Waals surface area contributed by atoms with E-state index in [-0.39, 0.29) is 5.41 Å². The van der Waals surface area contributed by atoms with Crippen LogP contribution < -0.4 is 4.90 Å². The molecule has 0 atom stereocenters. The third kappa shape index (κ3) is 4.23. The van der Waals surface area contributed by atoms with Crippen molar-refractivity contribution in [3.8, 4) is 10.7 Å². The van der Waals surface area contributed by atoms with E-state index < -0.39 is 10.0 Å². The van der Waals surface area contributed by atoms with Gasteiger partial charge < -0.3 is 4.90 Å². The molecule has 3 heterocycles. The highest BCUT2D eigenvalue weighted by Crippen LogP contribution is 2.29. The average Bonchev–Trinajstić information content (AvgIpc) is 3.24. The number of aromatic nitrogens is 3. The summed E-state index contributed by atoms with van der Waals surface area (Å²) >= 11 is 1.47. The van der Waals surface area contributed by atoms with Crippen LogP contribution in [0.3, 0.4) is 0 Å². The highest BCUT2D eigenvalue weighted by Gasteiger charge is 2.30. The van der Waals surface area contributed by atoms with Gasteiger partial charge in [-0.2, -0.15) is 4.31 Å². The highest BCUT2D eigenvalue weighted by atomic mass is 32.2. The van der Waals surface area contributed by atoms with Gasteiger partial charge >= 0.3 is 0 Å². The molecule has 7 nitrogen and oxygen atoms in total. The minimum Gasteiger partial charge on any atom is -0.344 e. The van der Waals surface area contributed by atoms with Crippen molar-refractivity contribution in [1.29, 1.82) is 0 Å². The fourth-order valence-corrected chi connectivity index (χ4v) is 5.63. The minimum atomic E-state index is -3.50. The molecule has 0 amide bonds. The Balaban J connectivity index is 1.43. The first-order valence-electron chi connectivity index (χ1n) is 9.86. The van der Waals surface area contributed by atoms with Crippen molar-refractivity contribution in [2.75, 3.05) is 31.1 Å². The number of anilines is 1. The normalized spacial score (nSPS) is 16.0. The predicted molar refractivity (Wildman–Crippen MR) is 119 cm³/mol. The zero-order valence-electron chi connectivity index (χ0n) is 17.3. The first kappa shape index (κ1) is 20.9. The summed E-state index contributed by atoms with van der Waals surface area (Å²) in [4.78, 5) is 6.74.